The number of hydrogen-bond acceptors (Lipinski definition) is 2. The van der Waals surface area contributed by atoms with Gasteiger partial charge in [0.25, 0.3) is 0 Å². The molecule has 0 amide bonds. The summed E-state index contributed by atoms with van der Waals surface area (Å²) in [6.07, 6.45) is 1.83. The van der Waals surface area contributed by atoms with Gasteiger partial charge in [-0.2, -0.15) is 0 Å². The third-order valence-electron chi connectivity index (χ3n) is 8.94. The van der Waals surface area contributed by atoms with Crippen LogP contribution in [0.5, 0.6) is 0 Å². The highest BCUT2D eigenvalue weighted by Crippen LogP contribution is 2.50. The molecule has 3 nitrogen and oxygen atoms in total. The maximum Gasteiger partial charge on any atom is 0.0889 e. The molecule has 206 valence electrons. The molecule has 5 aromatic carbocycles. The van der Waals surface area contributed by atoms with E-state index in [1.807, 2.05) is 30.5 Å². The van der Waals surface area contributed by atoms with Crippen LogP contribution in [0.15, 0.2) is 158 Å². The zero-order valence-electron chi connectivity index (χ0n) is 23.9. The van der Waals surface area contributed by atoms with Gasteiger partial charge >= 0.3 is 0 Å². The van der Waals surface area contributed by atoms with Crippen molar-refractivity contribution in [1.82, 2.24) is 14.5 Å². The third-order valence-corrected chi connectivity index (χ3v) is 8.94. The first-order chi connectivity index (χ1) is 21.8. The lowest BCUT2D eigenvalue weighted by atomic mass is 9.92. The predicted octanol–water partition coefficient (Wildman–Crippen LogP) is 10.1. The summed E-state index contributed by atoms with van der Waals surface area (Å²) in [5.74, 6) is 0.0289. The zero-order chi connectivity index (χ0) is 29.0. The molecular weight excluding hydrogens is 534 g/mol. The van der Waals surface area contributed by atoms with Crippen LogP contribution in [0.25, 0.3) is 61.1 Å². The van der Waals surface area contributed by atoms with E-state index in [0.29, 0.717) is 0 Å². The van der Waals surface area contributed by atoms with Crippen molar-refractivity contribution in [1.29, 1.82) is 0 Å². The summed E-state index contributed by atoms with van der Waals surface area (Å²) >= 11 is 0. The fraction of sp³-hybridized carbons (Fsp3) is 0.0244. The molecule has 0 saturated heterocycles. The van der Waals surface area contributed by atoms with Gasteiger partial charge in [0, 0.05) is 22.7 Å². The lowest BCUT2D eigenvalue weighted by Crippen LogP contribution is -2.03. The monoisotopic (exact) mass is 561 g/mol. The van der Waals surface area contributed by atoms with E-state index in [0.717, 1.165) is 22.8 Å². The van der Waals surface area contributed by atoms with Crippen molar-refractivity contribution in [2.45, 2.75) is 5.92 Å². The van der Waals surface area contributed by atoms with Gasteiger partial charge in [0.1, 0.15) is 0 Å². The molecule has 0 fully saturated rings. The van der Waals surface area contributed by atoms with Crippen molar-refractivity contribution in [2.24, 2.45) is 0 Å². The molecule has 1 aliphatic rings. The Hall–Kier alpha value is -5.80. The molecule has 44 heavy (non-hydrogen) atoms. The Morgan fingerprint density at radius 1 is 0.477 bits per heavy atom. The lowest BCUT2D eigenvalue weighted by molar-refractivity contribution is 0.947. The molecular formula is C41H27N3. The molecule has 1 aliphatic carbocycles. The SMILES string of the molecule is c1ccc(-c2ccc(-n3c4ccccc4c4cc5c(cc43)C(c3cccc(-c4ccccn4)n3)c3ccccc3-5)cc2)cc1. The minimum atomic E-state index is 0.0289. The van der Waals surface area contributed by atoms with Crippen molar-refractivity contribution in [3.05, 3.63) is 175 Å². The quantitative estimate of drug-likeness (QED) is 0.214. The van der Waals surface area contributed by atoms with Gasteiger partial charge in [-0.3, -0.25) is 9.97 Å². The first-order valence-electron chi connectivity index (χ1n) is 15.0. The molecule has 0 saturated carbocycles. The molecule has 1 atom stereocenters. The van der Waals surface area contributed by atoms with Crippen LogP contribution in [0.3, 0.4) is 0 Å². The largest absolute Gasteiger partial charge is 0.309 e. The van der Waals surface area contributed by atoms with Crippen LogP contribution in [-0.2, 0) is 0 Å². The minimum Gasteiger partial charge on any atom is -0.309 e. The molecule has 0 aliphatic heterocycles. The highest BCUT2D eigenvalue weighted by molar-refractivity contribution is 6.11. The van der Waals surface area contributed by atoms with E-state index >= 15 is 0 Å². The molecule has 0 spiro atoms. The average Bonchev–Trinajstić information content (AvgIpc) is 3.60. The predicted molar refractivity (Wildman–Crippen MR) is 180 cm³/mol. The standard InChI is InChI=1S/C41H27N3/c1-2-11-27(12-3-1)28-20-22-29(23-21-28)44-39-19-7-6-14-31(39)34-25-33-30-13-4-5-15-32(30)41(35(33)26-40(34)44)38-18-10-17-37(43-38)36-16-8-9-24-42-36/h1-26,41H. The van der Waals surface area contributed by atoms with E-state index in [1.54, 1.807) is 0 Å². The van der Waals surface area contributed by atoms with E-state index in [4.69, 9.17) is 4.98 Å². The Morgan fingerprint density at radius 3 is 2.09 bits per heavy atom. The van der Waals surface area contributed by atoms with Gasteiger partial charge in [0.05, 0.1) is 34.0 Å². The van der Waals surface area contributed by atoms with Gasteiger partial charge in [-0.05, 0) is 88.0 Å². The maximum absolute atomic E-state index is 5.20. The Kier molecular flexibility index (Phi) is 5.57. The Morgan fingerprint density at radius 2 is 1.23 bits per heavy atom. The highest BCUT2D eigenvalue weighted by atomic mass is 15.0. The summed E-state index contributed by atoms with van der Waals surface area (Å²) in [5, 5.41) is 2.52. The Balaban J connectivity index is 1.26. The van der Waals surface area contributed by atoms with Crippen LogP contribution >= 0.6 is 0 Å². The smallest absolute Gasteiger partial charge is 0.0889 e. The van der Waals surface area contributed by atoms with Gasteiger partial charge in [0.2, 0.25) is 0 Å². The fourth-order valence-electron chi connectivity index (χ4n) is 6.96. The summed E-state index contributed by atoms with van der Waals surface area (Å²) in [4.78, 5) is 9.77. The van der Waals surface area contributed by atoms with Crippen molar-refractivity contribution in [2.75, 3.05) is 0 Å². The molecule has 9 rings (SSSR count). The van der Waals surface area contributed by atoms with Crippen LogP contribution in [0.1, 0.15) is 22.7 Å². The molecule has 3 heteroatoms. The van der Waals surface area contributed by atoms with E-state index < -0.39 is 0 Å². The second kappa shape index (κ2) is 9.89. The normalized spacial score (nSPS) is 13.7. The van der Waals surface area contributed by atoms with Crippen LogP contribution in [-0.4, -0.2) is 14.5 Å². The number of aromatic nitrogens is 3. The second-order valence-electron chi connectivity index (χ2n) is 11.4. The Labute approximate surface area is 255 Å². The topological polar surface area (TPSA) is 30.7 Å². The summed E-state index contributed by atoms with van der Waals surface area (Å²) in [6, 6.07) is 54.2. The summed E-state index contributed by atoms with van der Waals surface area (Å²) in [5.41, 5.74) is 14.0. The number of rotatable bonds is 4. The molecule has 0 bridgehead atoms. The van der Waals surface area contributed by atoms with Gasteiger partial charge in [-0.15, -0.1) is 0 Å². The van der Waals surface area contributed by atoms with Crippen molar-refractivity contribution < 1.29 is 0 Å². The second-order valence-corrected chi connectivity index (χ2v) is 11.4. The van der Waals surface area contributed by atoms with Crippen LogP contribution < -0.4 is 0 Å². The molecule has 0 N–H and O–H groups in total. The molecule has 3 heterocycles. The summed E-state index contributed by atoms with van der Waals surface area (Å²) in [7, 11) is 0. The third kappa shape index (κ3) is 3.83. The molecule has 8 aromatic rings. The summed E-state index contributed by atoms with van der Waals surface area (Å²) in [6.45, 7) is 0. The summed E-state index contributed by atoms with van der Waals surface area (Å²) < 4.78 is 2.41. The van der Waals surface area contributed by atoms with Gasteiger partial charge in [0.15, 0.2) is 0 Å². The van der Waals surface area contributed by atoms with Crippen LogP contribution in [0.4, 0.5) is 0 Å². The van der Waals surface area contributed by atoms with Gasteiger partial charge in [-0.1, -0.05) is 97.1 Å². The number of pyridine rings is 2. The fourth-order valence-corrected chi connectivity index (χ4v) is 6.96. The maximum atomic E-state index is 5.20. The number of hydrogen-bond donors (Lipinski definition) is 0. The highest BCUT2D eigenvalue weighted by Gasteiger charge is 2.32. The van der Waals surface area contributed by atoms with Crippen molar-refractivity contribution in [3.8, 4) is 39.3 Å². The van der Waals surface area contributed by atoms with Crippen LogP contribution in [0, 0.1) is 0 Å². The van der Waals surface area contributed by atoms with Gasteiger partial charge < -0.3 is 4.57 Å². The number of para-hydroxylation sites is 1. The van der Waals surface area contributed by atoms with Crippen molar-refractivity contribution in [3.63, 3.8) is 0 Å². The zero-order valence-corrected chi connectivity index (χ0v) is 23.9. The number of benzene rings is 5. The number of fused-ring (bicyclic) bond motifs is 6. The van der Waals surface area contributed by atoms with E-state index in [-0.39, 0.29) is 5.92 Å². The first kappa shape index (κ1) is 24.8. The lowest BCUT2D eigenvalue weighted by Gasteiger charge is -2.15. The van der Waals surface area contributed by atoms with Crippen LogP contribution in [0.2, 0.25) is 0 Å². The minimum absolute atomic E-state index is 0.0289. The van der Waals surface area contributed by atoms with E-state index in [1.165, 1.54) is 55.2 Å². The Bertz CT molecular complexity index is 2320. The molecule has 3 aromatic heterocycles. The first-order valence-corrected chi connectivity index (χ1v) is 15.0. The average molecular weight is 562 g/mol. The van der Waals surface area contributed by atoms with Gasteiger partial charge in [-0.25, -0.2) is 0 Å². The number of nitrogens with zero attached hydrogens (tertiary/aromatic N) is 3. The molecule has 0 radical (unpaired) electrons. The van der Waals surface area contributed by atoms with E-state index in [2.05, 4.69) is 137 Å². The molecule has 1 unspecified atom stereocenters. The van der Waals surface area contributed by atoms with Crippen molar-refractivity contribution >= 4 is 21.8 Å². The van der Waals surface area contributed by atoms with E-state index in [9.17, 15) is 0 Å².